The number of likely N-dealkylation sites (N-methyl/N-ethyl adjacent to an activating group) is 2. The van der Waals surface area contributed by atoms with Crippen molar-refractivity contribution in [2.24, 2.45) is 0 Å². The molecule has 1 amide bonds. The third kappa shape index (κ3) is 6.77. The number of hydrogen-bond acceptors (Lipinski definition) is 4. The molecule has 128 valence electrons. The number of rotatable bonds is 6. The second kappa shape index (κ2) is 11.0. The molecule has 0 radical (unpaired) electrons. The number of benzene rings is 1. The number of nitrogens with zero attached hydrogens (tertiary/aromatic N) is 2. The highest BCUT2D eigenvalue weighted by molar-refractivity contribution is 9.10. The molecule has 2 rings (SSSR count). The van der Waals surface area contributed by atoms with E-state index in [1.807, 2.05) is 43.7 Å². The lowest BCUT2D eigenvalue weighted by atomic mass is 10.2. The molecule has 0 aliphatic carbocycles. The van der Waals surface area contributed by atoms with Crippen LogP contribution in [0.25, 0.3) is 10.6 Å². The second-order valence-electron chi connectivity index (χ2n) is 4.75. The van der Waals surface area contributed by atoms with E-state index < -0.39 is 0 Å². The van der Waals surface area contributed by atoms with Crippen LogP contribution in [0.4, 0.5) is 0 Å². The molecule has 0 saturated heterocycles. The molecule has 1 heterocycles. The maximum Gasteiger partial charge on any atom is 0.228 e. The lowest BCUT2D eigenvalue weighted by molar-refractivity contribution is -0.129. The van der Waals surface area contributed by atoms with Gasteiger partial charge in [0.15, 0.2) is 0 Å². The summed E-state index contributed by atoms with van der Waals surface area (Å²) in [5, 5.41) is 5.94. The fraction of sp³-hybridized carbons (Fsp3) is 0.333. The number of thiazole rings is 1. The smallest absolute Gasteiger partial charge is 0.228 e. The highest BCUT2D eigenvalue weighted by atomic mass is 79.9. The molecule has 0 aliphatic rings. The molecule has 0 atom stereocenters. The van der Waals surface area contributed by atoms with Crippen LogP contribution in [0.5, 0.6) is 0 Å². The van der Waals surface area contributed by atoms with Gasteiger partial charge in [0.2, 0.25) is 5.91 Å². The van der Waals surface area contributed by atoms with Crippen molar-refractivity contribution in [1.29, 1.82) is 0 Å². The van der Waals surface area contributed by atoms with Gasteiger partial charge in [0.1, 0.15) is 5.01 Å². The third-order valence-corrected chi connectivity index (χ3v) is 4.51. The van der Waals surface area contributed by atoms with Crippen LogP contribution in [0, 0.1) is 0 Å². The van der Waals surface area contributed by atoms with Crippen LogP contribution in [0.15, 0.2) is 34.1 Å². The second-order valence-corrected chi connectivity index (χ2v) is 6.52. The van der Waals surface area contributed by atoms with Gasteiger partial charge in [-0.25, -0.2) is 4.98 Å². The SMILES string of the molecule is CNCCN(C)C(=O)Cc1csc(-c2cccc(Br)c2)n1.Cl.Cl. The average molecular weight is 441 g/mol. The summed E-state index contributed by atoms with van der Waals surface area (Å²) in [6.07, 6.45) is 0.352. The monoisotopic (exact) mass is 439 g/mol. The van der Waals surface area contributed by atoms with E-state index in [1.54, 1.807) is 16.2 Å². The fourth-order valence-corrected chi connectivity index (χ4v) is 3.05. The number of carbonyl (C=O) groups is 1. The van der Waals surface area contributed by atoms with Gasteiger partial charge in [0.05, 0.1) is 12.1 Å². The van der Waals surface area contributed by atoms with E-state index in [-0.39, 0.29) is 30.7 Å². The summed E-state index contributed by atoms with van der Waals surface area (Å²) in [6, 6.07) is 8.02. The van der Waals surface area contributed by atoms with Crippen LogP contribution in [0.2, 0.25) is 0 Å². The third-order valence-electron chi connectivity index (χ3n) is 3.08. The Morgan fingerprint density at radius 2 is 2.13 bits per heavy atom. The first-order valence-electron chi connectivity index (χ1n) is 6.69. The molecular formula is C15H20BrCl2N3OS. The van der Waals surface area contributed by atoms with Crippen molar-refractivity contribution in [2.75, 3.05) is 27.2 Å². The van der Waals surface area contributed by atoms with Crippen molar-refractivity contribution in [3.8, 4) is 10.6 Å². The first-order valence-corrected chi connectivity index (χ1v) is 8.36. The number of aromatic nitrogens is 1. The lowest BCUT2D eigenvalue weighted by Gasteiger charge is -2.16. The normalized spacial score (nSPS) is 9.70. The molecule has 8 heteroatoms. The molecule has 1 N–H and O–H groups in total. The molecule has 0 spiro atoms. The summed E-state index contributed by atoms with van der Waals surface area (Å²) < 4.78 is 1.03. The van der Waals surface area contributed by atoms with Gasteiger partial charge in [0.25, 0.3) is 0 Å². The molecule has 2 aromatic rings. The first kappa shape index (κ1) is 22.3. The lowest BCUT2D eigenvalue weighted by Crippen LogP contribution is -2.33. The fourth-order valence-electron chi connectivity index (χ4n) is 1.84. The molecule has 4 nitrogen and oxygen atoms in total. The molecule has 23 heavy (non-hydrogen) atoms. The zero-order valence-corrected chi connectivity index (χ0v) is 16.9. The van der Waals surface area contributed by atoms with Crippen LogP contribution in [0.3, 0.4) is 0 Å². The van der Waals surface area contributed by atoms with Crippen molar-refractivity contribution < 1.29 is 4.79 Å². The first-order chi connectivity index (χ1) is 10.1. The highest BCUT2D eigenvalue weighted by Gasteiger charge is 2.12. The Labute approximate surface area is 161 Å². The van der Waals surface area contributed by atoms with E-state index >= 15 is 0 Å². The summed E-state index contributed by atoms with van der Waals surface area (Å²) in [6.45, 7) is 1.50. The van der Waals surface area contributed by atoms with Gasteiger partial charge in [0, 0.05) is 35.6 Å². The van der Waals surface area contributed by atoms with E-state index in [1.165, 1.54) is 0 Å². The van der Waals surface area contributed by atoms with Crippen LogP contribution < -0.4 is 5.32 Å². The average Bonchev–Trinajstić information content (AvgIpc) is 2.93. The van der Waals surface area contributed by atoms with E-state index in [0.29, 0.717) is 13.0 Å². The Balaban J connectivity index is 0.00000242. The number of hydrogen-bond donors (Lipinski definition) is 1. The molecule has 1 aromatic carbocycles. The molecule has 0 aliphatic heterocycles. The van der Waals surface area contributed by atoms with Gasteiger partial charge in [-0.15, -0.1) is 36.2 Å². The number of nitrogens with one attached hydrogen (secondary N) is 1. The molecular weight excluding hydrogens is 421 g/mol. The van der Waals surface area contributed by atoms with Crippen molar-refractivity contribution in [1.82, 2.24) is 15.2 Å². The van der Waals surface area contributed by atoms with Crippen molar-refractivity contribution in [2.45, 2.75) is 6.42 Å². The number of halogens is 3. The van der Waals surface area contributed by atoms with Crippen molar-refractivity contribution in [3.63, 3.8) is 0 Å². The van der Waals surface area contributed by atoms with E-state index in [4.69, 9.17) is 0 Å². The molecule has 0 fully saturated rings. The van der Waals surface area contributed by atoms with Crippen LogP contribution in [-0.2, 0) is 11.2 Å². The minimum absolute atomic E-state index is 0. The van der Waals surface area contributed by atoms with Gasteiger partial charge < -0.3 is 10.2 Å². The zero-order valence-electron chi connectivity index (χ0n) is 12.9. The van der Waals surface area contributed by atoms with E-state index in [0.717, 1.165) is 27.3 Å². The highest BCUT2D eigenvalue weighted by Crippen LogP contribution is 2.26. The van der Waals surface area contributed by atoms with Crippen LogP contribution >= 0.6 is 52.1 Å². The zero-order chi connectivity index (χ0) is 15.2. The van der Waals surface area contributed by atoms with E-state index in [9.17, 15) is 4.79 Å². The van der Waals surface area contributed by atoms with Gasteiger partial charge in [-0.2, -0.15) is 0 Å². The Hall–Kier alpha value is -0.660. The Bertz CT molecular complexity index is 624. The predicted octanol–water partition coefficient (Wildman–Crippen LogP) is 3.64. The Morgan fingerprint density at radius 1 is 1.39 bits per heavy atom. The van der Waals surface area contributed by atoms with Gasteiger partial charge in [-0.3, -0.25) is 4.79 Å². The van der Waals surface area contributed by atoms with Crippen LogP contribution in [0.1, 0.15) is 5.69 Å². The summed E-state index contributed by atoms with van der Waals surface area (Å²) >= 11 is 5.03. The maximum atomic E-state index is 12.1. The van der Waals surface area contributed by atoms with Crippen molar-refractivity contribution in [3.05, 3.63) is 39.8 Å². The number of carbonyl (C=O) groups excluding carboxylic acids is 1. The minimum atomic E-state index is 0. The standard InChI is InChI=1S/C15H18BrN3OS.2ClH/c1-17-6-7-19(2)14(20)9-13-10-21-15(18-13)11-4-3-5-12(16)8-11;;/h3-5,8,10,17H,6-7,9H2,1-2H3;2*1H. The van der Waals surface area contributed by atoms with Gasteiger partial charge in [-0.1, -0.05) is 28.1 Å². The largest absolute Gasteiger partial charge is 0.344 e. The summed E-state index contributed by atoms with van der Waals surface area (Å²) in [4.78, 5) is 18.4. The quantitative estimate of drug-likeness (QED) is 0.745. The van der Waals surface area contributed by atoms with Gasteiger partial charge in [-0.05, 0) is 19.2 Å². The number of amides is 1. The van der Waals surface area contributed by atoms with E-state index in [2.05, 4.69) is 26.2 Å². The van der Waals surface area contributed by atoms with Crippen LogP contribution in [-0.4, -0.2) is 43.0 Å². The minimum Gasteiger partial charge on any atom is -0.344 e. The Morgan fingerprint density at radius 3 is 2.78 bits per heavy atom. The predicted molar refractivity (Wildman–Crippen MR) is 105 cm³/mol. The maximum absolute atomic E-state index is 12.1. The summed E-state index contributed by atoms with van der Waals surface area (Å²) in [5.41, 5.74) is 1.90. The van der Waals surface area contributed by atoms with Crippen molar-refractivity contribution >= 4 is 58.0 Å². The topological polar surface area (TPSA) is 45.2 Å². The summed E-state index contributed by atoms with van der Waals surface area (Å²) in [7, 11) is 3.70. The molecule has 0 unspecified atom stereocenters. The molecule has 0 bridgehead atoms. The summed E-state index contributed by atoms with van der Waals surface area (Å²) in [5.74, 6) is 0.0938. The molecule has 0 saturated carbocycles. The Kier molecular flexibility index (Phi) is 10.7. The molecule has 1 aromatic heterocycles. The van der Waals surface area contributed by atoms with Gasteiger partial charge >= 0.3 is 0 Å².